The monoisotopic (exact) mass is 169 g/mol. The number of nitrogens with zero attached hydrogens (tertiary/aromatic N) is 3. The molecule has 0 unspecified atom stereocenters. The minimum atomic E-state index is 0.583. The Hall–Kier alpha value is -0.820. The number of fused-ring (bicyclic) bond motifs is 3. The van der Waals surface area contributed by atoms with Crippen molar-refractivity contribution < 1.29 is 4.84 Å². The SMILES string of the molecule is C1=C2CNCCN2N2NOCN12. The number of hydrazine groups is 3. The van der Waals surface area contributed by atoms with Gasteiger partial charge in [0.05, 0.1) is 12.2 Å². The molecule has 2 N–H and O–H groups in total. The van der Waals surface area contributed by atoms with Crippen LogP contribution in [0.3, 0.4) is 0 Å². The topological polar surface area (TPSA) is 43.0 Å². The lowest BCUT2D eigenvalue weighted by Crippen LogP contribution is -2.52. The maximum absolute atomic E-state index is 5.06. The van der Waals surface area contributed by atoms with E-state index in [1.165, 1.54) is 5.70 Å². The van der Waals surface area contributed by atoms with Crippen LogP contribution in [0, 0.1) is 0 Å². The van der Waals surface area contributed by atoms with E-state index in [4.69, 9.17) is 4.84 Å². The van der Waals surface area contributed by atoms with Gasteiger partial charge in [-0.05, 0) is 5.23 Å². The van der Waals surface area contributed by atoms with Crippen LogP contribution in [0.5, 0.6) is 0 Å². The molecule has 2 fully saturated rings. The van der Waals surface area contributed by atoms with Gasteiger partial charge in [-0.1, -0.05) is 5.59 Å². The van der Waals surface area contributed by atoms with Gasteiger partial charge in [-0.2, -0.15) is 0 Å². The van der Waals surface area contributed by atoms with Gasteiger partial charge in [0.1, 0.15) is 0 Å². The molecule has 66 valence electrons. The second kappa shape index (κ2) is 2.33. The van der Waals surface area contributed by atoms with E-state index < -0.39 is 0 Å². The molecule has 0 saturated carbocycles. The second-order valence-corrected chi connectivity index (χ2v) is 3.01. The first-order valence-corrected chi connectivity index (χ1v) is 4.08. The Kier molecular flexibility index (Phi) is 1.30. The van der Waals surface area contributed by atoms with Crippen LogP contribution < -0.4 is 10.9 Å². The fourth-order valence-corrected chi connectivity index (χ4v) is 1.68. The summed E-state index contributed by atoms with van der Waals surface area (Å²) in [7, 11) is 0. The molecule has 0 spiro atoms. The largest absolute Gasteiger partial charge is 0.309 e. The maximum atomic E-state index is 5.06. The summed E-state index contributed by atoms with van der Waals surface area (Å²) in [5.74, 6) is 0. The van der Waals surface area contributed by atoms with E-state index in [0.717, 1.165) is 19.6 Å². The number of nitrogens with one attached hydrogen (secondary N) is 2. The minimum Gasteiger partial charge on any atom is -0.309 e. The van der Waals surface area contributed by atoms with Crippen molar-refractivity contribution >= 4 is 0 Å². The summed E-state index contributed by atoms with van der Waals surface area (Å²) >= 11 is 0. The fraction of sp³-hybridized carbons (Fsp3) is 0.667. The third-order valence-corrected chi connectivity index (χ3v) is 2.25. The van der Waals surface area contributed by atoms with Crippen molar-refractivity contribution in [3.8, 4) is 0 Å². The van der Waals surface area contributed by atoms with E-state index in [2.05, 4.69) is 22.1 Å². The quantitative estimate of drug-likeness (QED) is 0.464. The molecule has 0 radical (unpaired) electrons. The molecule has 6 nitrogen and oxygen atoms in total. The highest BCUT2D eigenvalue weighted by Crippen LogP contribution is 2.22. The molecular formula is C6H11N5O. The van der Waals surface area contributed by atoms with E-state index in [1.54, 1.807) is 0 Å². The standard InChI is InChI=1S/C6H11N5O/c1-2-10-6(3-7-1)4-9-5-12-8-11(9)10/h4,7-8H,1-3,5H2. The Morgan fingerprint density at radius 2 is 2.50 bits per heavy atom. The molecular weight excluding hydrogens is 158 g/mol. The summed E-state index contributed by atoms with van der Waals surface area (Å²) in [6.07, 6.45) is 2.09. The normalized spacial score (nSPS) is 28.8. The summed E-state index contributed by atoms with van der Waals surface area (Å²) in [6.45, 7) is 3.52. The maximum Gasteiger partial charge on any atom is 0.158 e. The smallest absolute Gasteiger partial charge is 0.158 e. The predicted octanol–water partition coefficient (Wildman–Crippen LogP) is -1.41. The Balaban J connectivity index is 1.87. The van der Waals surface area contributed by atoms with Crippen LogP contribution in [-0.4, -0.2) is 41.6 Å². The molecule has 0 bridgehead atoms. The van der Waals surface area contributed by atoms with Crippen molar-refractivity contribution in [3.63, 3.8) is 0 Å². The van der Waals surface area contributed by atoms with Gasteiger partial charge in [0.25, 0.3) is 0 Å². The lowest BCUT2D eigenvalue weighted by atomic mass is 10.3. The first-order chi connectivity index (χ1) is 5.95. The molecule has 0 aromatic carbocycles. The summed E-state index contributed by atoms with van der Waals surface area (Å²) in [4.78, 5) is 5.06. The van der Waals surface area contributed by atoms with Gasteiger partial charge in [-0.3, -0.25) is 14.9 Å². The zero-order valence-electron chi connectivity index (χ0n) is 6.66. The molecule has 3 aliphatic rings. The lowest BCUT2D eigenvalue weighted by Gasteiger charge is -2.32. The molecule has 0 aromatic heterocycles. The molecule has 3 heterocycles. The van der Waals surface area contributed by atoms with Crippen molar-refractivity contribution in [2.24, 2.45) is 0 Å². The van der Waals surface area contributed by atoms with Gasteiger partial charge in [0.15, 0.2) is 6.73 Å². The molecule has 0 aromatic rings. The summed E-state index contributed by atoms with van der Waals surface area (Å²) in [5, 5.41) is 9.39. The number of hydrogen-bond donors (Lipinski definition) is 2. The summed E-state index contributed by atoms with van der Waals surface area (Å²) < 4.78 is 0. The first kappa shape index (κ1) is 6.67. The zero-order chi connectivity index (χ0) is 7.97. The molecule has 12 heavy (non-hydrogen) atoms. The van der Waals surface area contributed by atoms with Crippen molar-refractivity contribution in [1.82, 2.24) is 26.2 Å². The summed E-state index contributed by atoms with van der Waals surface area (Å²) in [5.41, 5.74) is 4.11. The third kappa shape index (κ3) is 0.774. The van der Waals surface area contributed by atoms with Crippen LogP contribution in [-0.2, 0) is 4.84 Å². The van der Waals surface area contributed by atoms with Crippen molar-refractivity contribution in [2.75, 3.05) is 26.4 Å². The molecule has 3 rings (SSSR count). The Morgan fingerprint density at radius 1 is 1.50 bits per heavy atom. The highest BCUT2D eigenvalue weighted by molar-refractivity contribution is 5.08. The third-order valence-electron chi connectivity index (χ3n) is 2.25. The minimum absolute atomic E-state index is 0.583. The number of hydrogen-bond acceptors (Lipinski definition) is 6. The first-order valence-electron chi connectivity index (χ1n) is 4.08. The molecule has 0 atom stereocenters. The Labute approximate surface area is 70.2 Å². The van der Waals surface area contributed by atoms with Gasteiger partial charge in [0.2, 0.25) is 0 Å². The van der Waals surface area contributed by atoms with Crippen molar-refractivity contribution in [1.29, 1.82) is 0 Å². The van der Waals surface area contributed by atoms with Gasteiger partial charge in [0, 0.05) is 19.3 Å². The Morgan fingerprint density at radius 3 is 3.50 bits per heavy atom. The van der Waals surface area contributed by atoms with E-state index in [0.29, 0.717) is 6.73 Å². The van der Waals surface area contributed by atoms with E-state index in [-0.39, 0.29) is 0 Å². The molecule has 2 saturated heterocycles. The average molecular weight is 169 g/mol. The van der Waals surface area contributed by atoms with Gasteiger partial charge in [-0.15, -0.1) is 0 Å². The van der Waals surface area contributed by atoms with Crippen LogP contribution in [0.2, 0.25) is 0 Å². The van der Waals surface area contributed by atoms with E-state index >= 15 is 0 Å². The molecule has 6 heteroatoms. The van der Waals surface area contributed by atoms with Crippen LogP contribution >= 0.6 is 0 Å². The fourth-order valence-electron chi connectivity index (χ4n) is 1.68. The van der Waals surface area contributed by atoms with Gasteiger partial charge >= 0.3 is 0 Å². The van der Waals surface area contributed by atoms with Crippen molar-refractivity contribution in [3.05, 3.63) is 11.9 Å². The number of piperazine rings is 1. The van der Waals surface area contributed by atoms with Crippen molar-refractivity contribution in [2.45, 2.75) is 0 Å². The average Bonchev–Trinajstić information content (AvgIpc) is 2.62. The summed E-state index contributed by atoms with van der Waals surface area (Å²) in [6, 6.07) is 0. The lowest BCUT2D eigenvalue weighted by molar-refractivity contribution is -0.150. The highest BCUT2D eigenvalue weighted by Gasteiger charge is 2.35. The van der Waals surface area contributed by atoms with Crippen LogP contribution in [0.4, 0.5) is 0 Å². The van der Waals surface area contributed by atoms with Crippen LogP contribution in [0.15, 0.2) is 11.9 Å². The predicted molar refractivity (Wildman–Crippen MR) is 40.4 cm³/mol. The zero-order valence-corrected chi connectivity index (χ0v) is 6.66. The highest BCUT2D eigenvalue weighted by atomic mass is 16.7. The Bertz CT molecular complexity index is 230. The molecule has 0 amide bonds. The van der Waals surface area contributed by atoms with E-state index in [9.17, 15) is 0 Å². The van der Waals surface area contributed by atoms with E-state index in [1.807, 2.05) is 10.2 Å². The molecule has 3 aliphatic heterocycles. The van der Waals surface area contributed by atoms with Gasteiger partial charge < -0.3 is 5.32 Å². The van der Waals surface area contributed by atoms with Crippen LogP contribution in [0.25, 0.3) is 0 Å². The van der Waals surface area contributed by atoms with Gasteiger partial charge in [-0.25, -0.2) is 0 Å². The van der Waals surface area contributed by atoms with Crippen LogP contribution in [0.1, 0.15) is 0 Å². The molecule has 0 aliphatic carbocycles. The second-order valence-electron chi connectivity index (χ2n) is 3.01. The number of rotatable bonds is 0.